The fraction of sp³-hybridized carbons (Fsp3) is 0.538. The largest absolute Gasteiger partial charge is 0.506 e. The summed E-state index contributed by atoms with van der Waals surface area (Å²) < 4.78 is 0. The first-order valence-electron chi connectivity index (χ1n) is 6.23. The van der Waals surface area contributed by atoms with Gasteiger partial charge in [0.15, 0.2) is 0 Å². The Hall–Kier alpha value is -0.480. The molecule has 0 amide bonds. The molecule has 1 aliphatic heterocycles. The second-order valence-corrected chi connectivity index (χ2v) is 5.45. The molecule has 1 aromatic carbocycles. The van der Waals surface area contributed by atoms with Crippen molar-refractivity contribution in [2.24, 2.45) is 0 Å². The van der Waals surface area contributed by atoms with E-state index in [0.717, 1.165) is 31.6 Å². The van der Waals surface area contributed by atoms with E-state index in [-0.39, 0.29) is 5.75 Å². The van der Waals surface area contributed by atoms with Gasteiger partial charge < -0.3 is 10.4 Å². The van der Waals surface area contributed by atoms with Crippen LogP contribution < -0.4 is 5.32 Å². The maximum atomic E-state index is 9.98. The van der Waals surface area contributed by atoms with Crippen molar-refractivity contribution in [3.05, 3.63) is 27.7 Å². The van der Waals surface area contributed by atoms with Crippen molar-refractivity contribution in [3.63, 3.8) is 0 Å². The molecule has 1 fully saturated rings. The van der Waals surface area contributed by atoms with Crippen LogP contribution in [0.5, 0.6) is 5.75 Å². The normalized spacial score (nSPS) is 19.7. The van der Waals surface area contributed by atoms with Gasteiger partial charge in [0.25, 0.3) is 0 Å². The lowest BCUT2D eigenvalue weighted by atomic mass is 10.1. The zero-order chi connectivity index (χ0) is 13.1. The number of rotatable bonds is 4. The van der Waals surface area contributed by atoms with Crippen LogP contribution in [0.4, 0.5) is 0 Å². The minimum Gasteiger partial charge on any atom is -0.506 e. The third-order valence-electron chi connectivity index (χ3n) is 3.44. The average molecular weight is 289 g/mol. The van der Waals surface area contributed by atoms with Crippen LogP contribution in [-0.4, -0.2) is 35.7 Å². The van der Waals surface area contributed by atoms with E-state index in [1.165, 1.54) is 0 Å². The van der Waals surface area contributed by atoms with Crippen LogP contribution in [0.1, 0.15) is 18.9 Å². The molecule has 1 unspecified atom stereocenters. The molecule has 100 valence electrons. The summed E-state index contributed by atoms with van der Waals surface area (Å²) in [6.07, 6.45) is 1.14. The molecular formula is C13H18Cl2N2O. The summed E-state index contributed by atoms with van der Waals surface area (Å²) in [4.78, 5) is 2.34. The van der Waals surface area contributed by atoms with Gasteiger partial charge >= 0.3 is 0 Å². The maximum absolute atomic E-state index is 9.98. The Morgan fingerprint density at radius 1 is 1.44 bits per heavy atom. The van der Waals surface area contributed by atoms with Gasteiger partial charge in [-0.2, -0.15) is 0 Å². The monoisotopic (exact) mass is 288 g/mol. The van der Waals surface area contributed by atoms with Gasteiger partial charge in [-0.05, 0) is 31.6 Å². The molecule has 5 heteroatoms. The predicted molar refractivity (Wildman–Crippen MR) is 75.5 cm³/mol. The third-order valence-corrected chi connectivity index (χ3v) is 3.94. The molecule has 0 saturated carbocycles. The Morgan fingerprint density at radius 2 is 2.22 bits per heavy atom. The maximum Gasteiger partial charge on any atom is 0.138 e. The highest BCUT2D eigenvalue weighted by Gasteiger charge is 2.22. The quantitative estimate of drug-likeness (QED) is 0.894. The van der Waals surface area contributed by atoms with E-state index in [9.17, 15) is 5.11 Å². The molecule has 0 aliphatic carbocycles. The van der Waals surface area contributed by atoms with Crippen molar-refractivity contribution >= 4 is 23.2 Å². The van der Waals surface area contributed by atoms with E-state index in [0.29, 0.717) is 22.6 Å². The van der Waals surface area contributed by atoms with E-state index >= 15 is 0 Å². The van der Waals surface area contributed by atoms with Crippen molar-refractivity contribution in [1.82, 2.24) is 10.2 Å². The summed E-state index contributed by atoms with van der Waals surface area (Å²) in [5.74, 6) is 0.144. The topological polar surface area (TPSA) is 35.5 Å². The molecule has 1 aliphatic rings. The van der Waals surface area contributed by atoms with Gasteiger partial charge in [0, 0.05) is 29.7 Å². The molecule has 0 spiro atoms. The molecule has 1 atom stereocenters. The van der Waals surface area contributed by atoms with Crippen molar-refractivity contribution in [2.45, 2.75) is 25.9 Å². The van der Waals surface area contributed by atoms with Crippen LogP contribution >= 0.6 is 23.2 Å². The van der Waals surface area contributed by atoms with Crippen LogP contribution in [0.3, 0.4) is 0 Å². The van der Waals surface area contributed by atoms with E-state index in [2.05, 4.69) is 17.1 Å². The number of phenolic OH excluding ortho intramolecular Hbond substituents is 1. The Balaban J connectivity index is 2.16. The SMILES string of the molecule is CCN(Cc1cc(Cl)cc(Cl)c1O)C1CCNC1. The minimum atomic E-state index is 0.144. The summed E-state index contributed by atoms with van der Waals surface area (Å²) in [7, 11) is 0. The second kappa shape index (κ2) is 6.11. The van der Waals surface area contributed by atoms with Gasteiger partial charge in [0.05, 0.1) is 5.02 Å². The number of benzene rings is 1. The molecule has 2 rings (SSSR count). The number of halogens is 2. The summed E-state index contributed by atoms with van der Waals surface area (Å²) in [5.41, 5.74) is 0.793. The number of hydrogen-bond donors (Lipinski definition) is 2. The smallest absolute Gasteiger partial charge is 0.138 e. The van der Waals surface area contributed by atoms with Gasteiger partial charge in [-0.25, -0.2) is 0 Å². The fourth-order valence-electron chi connectivity index (χ4n) is 2.41. The van der Waals surface area contributed by atoms with Gasteiger partial charge in [-0.15, -0.1) is 0 Å². The van der Waals surface area contributed by atoms with Gasteiger partial charge in [-0.3, -0.25) is 4.90 Å². The van der Waals surface area contributed by atoms with Crippen LogP contribution in [0.25, 0.3) is 0 Å². The molecule has 0 radical (unpaired) electrons. The number of phenols is 1. The molecule has 2 N–H and O–H groups in total. The molecule has 3 nitrogen and oxygen atoms in total. The minimum absolute atomic E-state index is 0.144. The fourth-order valence-corrected chi connectivity index (χ4v) is 2.94. The molecule has 1 aromatic rings. The van der Waals surface area contributed by atoms with Crippen LogP contribution in [-0.2, 0) is 6.54 Å². The summed E-state index contributed by atoms with van der Waals surface area (Å²) in [5, 5.41) is 14.2. The number of likely N-dealkylation sites (N-methyl/N-ethyl adjacent to an activating group) is 1. The lowest BCUT2D eigenvalue weighted by Crippen LogP contribution is -2.36. The van der Waals surface area contributed by atoms with Crippen molar-refractivity contribution < 1.29 is 5.11 Å². The lowest BCUT2D eigenvalue weighted by molar-refractivity contribution is 0.208. The second-order valence-electron chi connectivity index (χ2n) is 4.61. The van der Waals surface area contributed by atoms with Crippen LogP contribution in [0.2, 0.25) is 10.0 Å². The molecule has 0 aromatic heterocycles. The van der Waals surface area contributed by atoms with E-state index in [1.54, 1.807) is 12.1 Å². The highest BCUT2D eigenvalue weighted by Crippen LogP contribution is 2.32. The Morgan fingerprint density at radius 3 is 2.83 bits per heavy atom. The van der Waals surface area contributed by atoms with Crippen LogP contribution in [0, 0.1) is 0 Å². The van der Waals surface area contributed by atoms with Crippen LogP contribution in [0.15, 0.2) is 12.1 Å². The third kappa shape index (κ3) is 3.09. The van der Waals surface area contributed by atoms with E-state index in [1.807, 2.05) is 0 Å². The molecule has 1 heterocycles. The lowest BCUT2D eigenvalue weighted by Gasteiger charge is -2.27. The summed E-state index contributed by atoms with van der Waals surface area (Å²) in [6, 6.07) is 3.87. The van der Waals surface area contributed by atoms with Gasteiger partial charge in [0.1, 0.15) is 5.75 Å². The highest BCUT2D eigenvalue weighted by molar-refractivity contribution is 6.35. The number of nitrogens with zero attached hydrogens (tertiary/aromatic N) is 1. The Labute approximate surface area is 118 Å². The first kappa shape index (κ1) is 13.9. The van der Waals surface area contributed by atoms with Gasteiger partial charge in [-0.1, -0.05) is 30.1 Å². The Bertz CT molecular complexity index is 420. The number of nitrogens with one attached hydrogen (secondary N) is 1. The summed E-state index contributed by atoms with van der Waals surface area (Å²) >= 11 is 11.9. The van der Waals surface area contributed by atoms with Crippen molar-refractivity contribution in [2.75, 3.05) is 19.6 Å². The molecular weight excluding hydrogens is 271 g/mol. The van der Waals surface area contributed by atoms with Crippen molar-refractivity contribution in [1.29, 1.82) is 0 Å². The first-order chi connectivity index (χ1) is 8.61. The molecule has 1 saturated heterocycles. The van der Waals surface area contributed by atoms with Gasteiger partial charge in [0.2, 0.25) is 0 Å². The molecule has 18 heavy (non-hydrogen) atoms. The Kier molecular flexibility index (Phi) is 4.73. The number of hydrogen-bond acceptors (Lipinski definition) is 3. The average Bonchev–Trinajstić information content (AvgIpc) is 2.85. The standard InChI is InChI=1S/C13H18Cl2N2O/c1-2-17(11-3-4-16-7-11)8-9-5-10(14)6-12(15)13(9)18/h5-6,11,16,18H,2-4,7-8H2,1H3. The van der Waals surface area contributed by atoms with Crippen molar-refractivity contribution in [3.8, 4) is 5.75 Å². The van der Waals surface area contributed by atoms with E-state index in [4.69, 9.17) is 23.2 Å². The zero-order valence-electron chi connectivity index (χ0n) is 10.4. The predicted octanol–water partition coefficient (Wildman–Crippen LogP) is 2.88. The molecule has 0 bridgehead atoms. The zero-order valence-corrected chi connectivity index (χ0v) is 11.9. The number of aromatic hydroxyl groups is 1. The summed E-state index contributed by atoms with van der Waals surface area (Å²) in [6.45, 7) is 5.80. The first-order valence-corrected chi connectivity index (χ1v) is 6.99. The van der Waals surface area contributed by atoms with E-state index < -0.39 is 0 Å². The highest BCUT2D eigenvalue weighted by atomic mass is 35.5.